The molecule has 0 unspecified atom stereocenters. The molecule has 0 bridgehead atoms. The number of hydrogen-bond acceptors (Lipinski definition) is 10. The van der Waals surface area contributed by atoms with Crippen LogP contribution < -0.4 is 10.2 Å². The second-order valence-corrected chi connectivity index (χ2v) is 6.99. The maximum absolute atomic E-state index is 13.0. The van der Waals surface area contributed by atoms with E-state index in [2.05, 4.69) is 5.32 Å². The zero-order valence-electron chi connectivity index (χ0n) is 18.9. The standard InChI is InChI=1S/C21H28N2O9/c1-12(24)29-11-18(30-13(2)25)19(31-14(3)26)20(32-15(4)27)21(28)22-16-7-9-17(10-8-16)23(5)6/h7-10,18-20H,11H2,1-6H3,(H,22,28)/t18-,19-,20+/m1/s1. The molecule has 1 aromatic carbocycles. The lowest BCUT2D eigenvalue weighted by Crippen LogP contribution is -2.52. The first-order chi connectivity index (χ1) is 14.9. The summed E-state index contributed by atoms with van der Waals surface area (Å²) in [5, 5.41) is 2.57. The maximum Gasteiger partial charge on any atom is 0.303 e. The summed E-state index contributed by atoms with van der Waals surface area (Å²) in [6.07, 6.45) is -4.70. The Balaban J connectivity index is 3.26. The third-order valence-electron chi connectivity index (χ3n) is 3.94. The molecule has 0 spiro atoms. The second-order valence-electron chi connectivity index (χ2n) is 6.99. The smallest absolute Gasteiger partial charge is 0.303 e. The van der Waals surface area contributed by atoms with Gasteiger partial charge < -0.3 is 29.2 Å². The summed E-state index contributed by atoms with van der Waals surface area (Å²) < 4.78 is 20.2. The number of hydrogen-bond donors (Lipinski definition) is 1. The summed E-state index contributed by atoms with van der Waals surface area (Å²) in [6, 6.07) is 6.76. The number of nitrogens with zero attached hydrogens (tertiary/aromatic N) is 1. The Morgan fingerprint density at radius 2 is 1.34 bits per heavy atom. The van der Waals surface area contributed by atoms with E-state index in [1.54, 1.807) is 24.3 Å². The van der Waals surface area contributed by atoms with Crippen LogP contribution in [-0.4, -0.2) is 68.8 Å². The van der Waals surface area contributed by atoms with Gasteiger partial charge in [-0.1, -0.05) is 0 Å². The Bertz CT molecular complexity index is 836. The molecule has 0 aliphatic rings. The first kappa shape index (κ1) is 26.4. The second kappa shape index (κ2) is 12.3. The third kappa shape index (κ3) is 9.02. The molecule has 0 heterocycles. The van der Waals surface area contributed by atoms with E-state index >= 15 is 0 Å². The minimum absolute atomic E-state index is 0.378. The van der Waals surface area contributed by atoms with Gasteiger partial charge in [-0.05, 0) is 24.3 Å². The van der Waals surface area contributed by atoms with E-state index in [9.17, 15) is 24.0 Å². The molecule has 0 radical (unpaired) electrons. The molecule has 0 saturated carbocycles. The largest absolute Gasteiger partial charge is 0.462 e. The summed E-state index contributed by atoms with van der Waals surface area (Å²) in [5.41, 5.74) is 1.26. The fraction of sp³-hybridized carbons (Fsp3) is 0.476. The molecule has 1 N–H and O–H groups in total. The van der Waals surface area contributed by atoms with Crippen LogP contribution in [0.4, 0.5) is 11.4 Å². The molecule has 32 heavy (non-hydrogen) atoms. The highest BCUT2D eigenvalue weighted by atomic mass is 16.6. The van der Waals surface area contributed by atoms with Crippen molar-refractivity contribution >= 4 is 41.2 Å². The van der Waals surface area contributed by atoms with Crippen molar-refractivity contribution < 1.29 is 42.9 Å². The van der Waals surface area contributed by atoms with Crippen molar-refractivity contribution in [1.82, 2.24) is 0 Å². The minimum atomic E-state index is -1.70. The van der Waals surface area contributed by atoms with Crippen LogP contribution >= 0.6 is 0 Å². The maximum atomic E-state index is 13.0. The molecule has 0 fully saturated rings. The van der Waals surface area contributed by atoms with Crippen LogP contribution in [0.3, 0.4) is 0 Å². The summed E-state index contributed by atoms with van der Waals surface area (Å²) in [7, 11) is 3.71. The van der Waals surface area contributed by atoms with E-state index in [4.69, 9.17) is 18.9 Å². The number of carbonyl (C=O) groups is 5. The SMILES string of the molecule is CC(=O)OC[C@@H](OC(C)=O)[C@@H](OC(C)=O)[C@H](OC(C)=O)C(=O)Nc1ccc(N(C)C)cc1. The Morgan fingerprint density at radius 1 is 0.812 bits per heavy atom. The van der Waals surface area contributed by atoms with Crippen LogP contribution in [0.15, 0.2) is 24.3 Å². The van der Waals surface area contributed by atoms with Crippen molar-refractivity contribution in [2.75, 3.05) is 30.9 Å². The molecule has 3 atom stereocenters. The van der Waals surface area contributed by atoms with Gasteiger partial charge in [-0.25, -0.2) is 0 Å². The number of benzene rings is 1. The molecule has 1 rings (SSSR count). The average molecular weight is 452 g/mol. The molecular weight excluding hydrogens is 424 g/mol. The zero-order chi connectivity index (χ0) is 24.4. The van der Waals surface area contributed by atoms with Crippen LogP contribution in [-0.2, 0) is 42.9 Å². The molecule has 0 aliphatic carbocycles. The summed E-state index contributed by atoms with van der Waals surface area (Å²) in [6.45, 7) is 3.80. The van der Waals surface area contributed by atoms with Crippen molar-refractivity contribution in [2.24, 2.45) is 0 Å². The first-order valence-corrected chi connectivity index (χ1v) is 9.64. The predicted octanol–water partition coefficient (Wildman–Crippen LogP) is 1.05. The fourth-order valence-corrected chi connectivity index (χ4v) is 2.64. The molecule has 176 valence electrons. The van der Waals surface area contributed by atoms with E-state index in [0.29, 0.717) is 5.69 Å². The Morgan fingerprint density at radius 3 is 1.78 bits per heavy atom. The number of rotatable bonds is 10. The van der Waals surface area contributed by atoms with Gasteiger partial charge in [0.1, 0.15) is 6.61 Å². The fourth-order valence-electron chi connectivity index (χ4n) is 2.64. The van der Waals surface area contributed by atoms with E-state index < -0.39 is 54.7 Å². The van der Waals surface area contributed by atoms with E-state index in [1.807, 2.05) is 19.0 Å². The van der Waals surface area contributed by atoms with Crippen molar-refractivity contribution in [3.63, 3.8) is 0 Å². The predicted molar refractivity (Wildman–Crippen MR) is 113 cm³/mol. The number of esters is 4. The van der Waals surface area contributed by atoms with Crippen LogP contribution in [0, 0.1) is 0 Å². The molecule has 0 aliphatic heterocycles. The lowest BCUT2D eigenvalue weighted by molar-refractivity contribution is -0.190. The Hall–Kier alpha value is -3.63. The van der Waals surface area contributed by atoms with Crippen molar-refractivity contribution in [3.05, 3.63) is 24.3 Å². The van der Waals surface area contributed by atoms with E-state index in [1.165, 1.54) is 0 Å². The highest BCUT2D eigenvalue weighted by molar-refractivity contribution is 5.96. The van der Waals surface area contributed by atoms with Crippen LogP contribution in [0.25, 0.3) is 0 Å². The highest BCUT2D eigenvalue weighted by Crippen LogP contribution is 2.19. The minimum Gasteiger partial charge on any atom is -0.462 e. The third-order valence-corrected chi connectivity index (χ3v) is 3.94. The van der Waals surface area contributed by atoms with Crippen molar-refractivity contribution in [1.29, 1.82) is 0 Å². The van der Waals surface area contributed by atoms with Crippen molar-refractivity contribution in [2.45, 2.75) is 46.0 Å². The van der Waals surface area contributed by atoms with Gasteiger partial charge >= 0.3 is 23.9 Å². The van der Waals surface area contributed by atoms with Gasteiger partial charge in [0.05, 0.1) is 0 Å². The van der Waals surface area contributed by atoms with Gasteiger partial charge in [-0.3, -0.25) is 24.0 Å². The van der Waals surface area contributed by atoms with Crippen LogP contribution in [0.5, 0.6) is 0 Å². The lowest BCUT2D eigenvalue weighted by atomic mass is 10.1. The first-order valence-electron chi connectivity index (χ1n) is 9.64. The molecule has 11 heteroatoms. The number of carbonyl (C=O) groups excluding carboxylic acids is 5. The topological polar surface area (TPSA) is 138 Å². The molecular formula is C21H28N2O9. The average Bonchev–Trinajstić information content (AvgIpc) is 2.67. The highest BCUT2D eigenvalue weighted by Gasteiger charge is 2.42. The molecule has 1 amide bonds. The van der Waals surface area contributed by atoms with E-state index in [0.717, 1.165) is 33.4 Å². The van der Waals surface area contributed by atoms with Crippen molar-refractivity contribution in [3.8, 4) is 0 Å². The number of anilines is 2. The van der Waals surface area contributed by atoms with Gasteiger partial charge in [0.2, 0.25) is 6.10 Å². The number of ether oxygens (including phenoxy) is 4. The van der Waals surface area contributed by atoms with Gasteiger partial charge in [-0.15, -0.1) is 0 Å². The summed E-state index contributed by atoms with van der Waals surface area (Å²) in [4.78, 5) is 61.0. The Labute approximate surface area is 185 Å². The molecule has 0 aromatic heterocycles. The molecule has 0 saturated heterocycles. The van der Waals surface area contributed by atoms with E-state index in [-0.39, 0.29) is 0 Å². The van der Waals surface area contributed by atoms with Gasteiger partial charge in [0, 0.05) is 53.2 Å². The number of nitrogens with one attached hydrogen (secondary N) is 1. The summed E-state index contributed by atoms with van der Waals surface area (Å²) >= 11 is 0. The summed E-state index contributed by atoms with van der Waals surface area (Å²) in [5.74, 6) is -4.02. The van der Waals surface area contributed by atoms with Gasteiger partial charge in [0.25, 0.3) is 5.91 Å². The lowest BCUT2D eigenvalue weighted by Gasteiger charge is -2.30. The van der Waals surface area contributed by atoms with Crippen LogP contribution in [0.2, 0.25) is 0 Å². The molecule has 1 aromatic rings. The van der Waals surface area contributed by atoms with Gasteiger partial charge in [0.15, 0.2) is 12.2 Å². The Kier molecular flexibility index (Phi) is 10.1. The molecule has 11 nitrogen and oxygen atoms in total. The monoisotopic (exact) mass is 452 g/mol. The zero-order valence-corrected chi connectivity index (χ0v) is 18.9. The normalized spacial score (nSPS) is 13.1. The number of amides is 1. The quantitative estimate of drug-likeness (QED) is 0.405. The van der Waals surface area contributed by atoms with Gasteiger partial charge in [-0.2, -0.15) is 0 Å². The van der Waals surface area contributed by atoms with Crippen LogP contribution in [0.1, 0.15) is 27.7 Å².